The van der Waals surface area contributed by atoms with E-state index in [2.05, 4.69) is 10.3 Å². The highest BCUT2D eigenvalue weighted by Gasteiger charge is 2.26. The number of anilines is 1. The van der Waals surface area contributed by atoms with E-state index in [9.17, 15) is 9.18 Å². The van der Waals surface area contributed by atoms with E-state index in [-0.39, 0.29) is 17.9 Å². The van der Waals surface area contributed by atoms with Crippen LogP contribution in [-0.2, 0) is 6.42 Å². The van der Waals surface area contributed by atoms with Crippen molar-refractivity contribution in [2.45, 2.75) is 38.1 Å². The van der Waals surface area contributed by atoms with Gasteiger partial charge in [0.05, 0.1) is 11.7 Å². The van der Waals surface area contributed by atoms with Gasteiger partial charge in [0.25, 0.3) is 0 Å². The summed E-state index contributed by atoms with van der Waals surface area (Å²) in [6, 6.07) is 6.40. The van der Waals surface area contributed by atoms with Crippen LogP contribution in [0.2, 0.25) is 0 Å². The molecule has 0 radical (unpaired) electrons. The number of likely N-dealkylation sites (tertiary alicyclic amines) is 1. The van der Waals surface area contributed by atoms with Crippen LogP contribution >= 0.6 is 11.3 Å². The lowest BCUT2D eigenvalue weighted by Crippen LogP contribution is -2.42. The number of amides is 2. The van der Waals surface area contributed by atoms with Gasteiger partial charge in [-0.2, -0.15) is 0 Å². The second-order valence-corrected chi connectivity index (χ2v) is 7.16. The molecule has 1 aromatic carbocycles. The Balaban J connectivity index is 1.64. The Kier molecular flexibility index (Phi) is 5.86. The molecule has 7 heteroatoms. The predicted octanol–water partition coefficient (Wildman–Crippen LogP) is 3.73. The number of hydrogen-bond donors (Lipinski definition) is 2. The maximum absolute atomic E-state index is 13.6. The summed E-state index contributed by atoms with van der Waals surface area (Å²) in [7, 11) is 0. The Bertz CT molecular complexity index is 721. The molecule has 1 aromatic heterocycles. The highest BCUT2D eigenvalue weighted by Crippen LogP contribution is 2.30. The average molecular weight is 362 g/mol. The first-order valence-corrected chi connectivity index (χ1v) is 9.51. The number of rotatable bonds is 4. The number of nitrogens with one attached hydrogen (secondary N) is 1. The van der Waals surface area contributed by atoms with Crippen LogP contribution in [-0.4, -0.2) is 29.0 Å². The molecule has 0 spiro atoms. The lowest BCUT2D eigenvalue weighted by molar-refractivity contribution is 0.176. The summed E-state index contributed by atoms with van der Waals surface area (Å²) < 4.78 is 13.6. The molecule has 3 N–H and O–H groups in total. The number of nitrogens with zero attached hydrogens (tertiary/aromatic N) is 2. The number of thiazole rings is 1. The zero-order chi connectivity index (χ0) is 17.6. The van der Waals surface area contributed by atoms with E-state index in [4.69, 9.17) is 5.73 Å². The van der Waals surface area contributed by atoms with E-state index in [1.54, 1.807) is 6.07 Å². The van der Waals surface area contributed by atoms with Crippen molar-refractivity contribution in [2.75, 3.05) is 18.8 Å². The van der Waals surface area contributed by atoms with Crippen molar-refractivity contribution in [1.29, 1.82) is 0 Å². The summed E-state index contributed by atoms with van der Waals surface area (Å²) in [4.78, 5) is 18.7. The molecule has 5 nitrogen and oxygen atoms in total. The maximum Gasteiger partial charge on any atom is 0.317 e. The van der Waals surface area contributed by atoms with Gasteiger partial charge in [-0.15, -0.1) is 11.3 Å². The minimum Gasteiger partial charge on any atom is -0.375 e. The van der Waals surface area contributed by atoms with Crippen LogP contribution in [0.5, 0.6) is 0 Å². The van der Waals surface area contributed by atoms with Crippen LogP contribution < -0.4 is 11.1 Å². The number of benzene rings is 1. The molecule has 0 unspecified atom stereocenters. The van der Waals surface area contributed by atoms with Crippen LogP contribution in [0.3, 0.4) is 0 Å². The first-order valence-electron chi connectivity index (χ1n) is 8.63. The predicted molar refractivity (Wildman–Crippen MR) is 97.9 cm³/mol. The van der Waals surface area contributed by atoms with Gasteiger partial charge < -0.3 is 16.0 Å². The smallest absolute Gasteiger partial charge is 0.317 e. The summed E-state index contributed by atoms with van der Waals surface area (Å²) in [6.45, 7) is 1.20. The Morgan fingerprint density at radius 3 is 3.04 bits per heavy atom. The van der Waals surface area contributed by atoms with E-state index < -0.39 is 0 Å². The summed E-state index contributed by atoms with van der Waals surface area (Å²) >= 11 is 1.40. The minimum atomic E-state index is -0.261. The summed E-state index contributed by atoms with van der Waals surface area (Å²) in [5.74, 6) is -0.261. The fourth-order valence-electron chi connectivity index (χ4n) is 3.25. The highest BCUT2D eigenvalue weighted by atomic mass is 32.1. The molecule has 1 aliphatic rings. The van der Waals surface area contributed by atoms with Crippen molar-refractivity contribution >= 4 is 22.5 Å². The van der Waals surface area contributed by atoms with Crippen molar-refractivity contribution in [3.8, 4) is 0 Å². The Labute approximate surface area is 151 Å². The topological polar surface area (TPSA) is 71.2 Å². The molecule has 1 saturated heterocycles. The van der Waals surface area contributed by atoms with Crippen molar-refractivity contribution in [1.82, 2.24) is 15.2 Å². The standard InChI is InChI=1S/C18H23FN4OS/c19-14-6-4-5-13(11-14)16-7-2-1-3-10-23(16)18(24)21-9-8-15-12-25-17(20)22-15/h4-6,11-12,16H,1-3,7-10H2,(H2,20,22)(H,21,24)/t16-/m0/s1. The van der Waals surface area contributed by atoms with Crippen molar-refractivity contribution < 1.29 is 9.18 Å². The van der Waals surface area contributed by atoms with Gasteiger partial charge in [-0.1, -0.05) is 25.0 Å². The molecule has 1 fully saturated rings. The number of carbonyl (C=O) groups excluding carboxylic acids is 1. The second-order valence-electron chi connectivity index (χ2n) is 6.27. The number of hydrogen-bond acceptors (Lipinski definition) is 4. The van der Waals surface area contributed by atoms with E-state index in [1.165, 1.54) is 23.5 Å². The lowest BCUT2D eigenvalue weighted by atomic mass is 10.0. The van der Waals surface area contributed by atoms with Gasteiger partial charge in [0.2, 0.25) is 0 Å². The molecule has 134 valence electrons. The van der Waals surface area contributed by atoms with Gasteiger partial charge in [0.15, 0.2) is 5.13 Å². The van der Waals surface area contributed by atoms with Gasteiger partial charge >= 0.3 is 6.03 Å². The monoisotopic (exact) mass is 362 g/mol. The van der Waals surface area contributed by atoms with E-state index in [0.29, 0.717) is 24.6 Å². The van der Waals surface area contributed by atoms with Crippen LogP contribution in [0, 0.1) is 5.82 Å². The number of urea groups is 1. The SMILES string of the molecule is Nc1nc(CCNC(=O)N2CCCCC[C@H]2c2cccc(F)c2)cs1. The number of halogens is 1. The lowest BCUT2D eigenvalue weighted by Gasteiger charge is -2.30. The third kappa shape index (κ3) is 4.69. The highest BCUT2D eigenvalue weighted by molar-refractivity contribution is 7.13. The molecular weight excluding hydrogens is 339 g/mol. The molecule has 1 aliphatic heterocycles. The zero-order valence-electron chi connectivity index (χ0n) is 14.1. The second kappa shape index (κ2) is 8.29. The number of carbonyl (C=O) groups is 1. The van der Waals surface area contributed by atoms with Crippen LogP contribution in [0.25, 0.3) is 0 Å². The van der Waals surface area contributed by atoms with Crippen molar-refractivity contribution in [3.05, 3.63) is 46.7 Å². The minimum absolute atomic E-state index is 0.0758. The van der Waals surface area contributed by atoms with Crippen LogP contribution in [0.1, 0.15) is 43.0 Å². The molecule has 0 aliphatic carbocycles. The number of aromatic nitrogens is 1. The fourth-order valence-corrected chi connectivity index (χ4v) is 3.85. The van der Waals surface area contributed by atoms with E-state index in [1.807, 2.05) is 16.3 Å². The van der Waals surface area contributed by atoms with E-state index >= 15 is 0 Å². The molecule has 3 rings (SSSR count). The summed E-state index contributed by atoms with van der Waals surface area (Å²) in [6.07, 6.45) is 4.62. The quantitative estimate of drug-likeness (QED) is 0.870. The van der Waals surface area contributed by atoms with Crippen LogP contribution in [0.15, 0.2) is 29.6 Å². The van der Waals surface area contributed by atoms with Gasteiger partial charge in [-0.3, -0.25) is 0 Å². The molecule has 0 saturated carbocycles. The molecule has 0 bridgehead atoms. The molecule has 1 atom stereocenters. The van der Waals surface area contributed by atoms with Gasteiger partial charge in [0, 0.05) is 24.9 Å². The number of nitrogen functional groups attached to an aromatic ring is 1. The fraction of sp³-hybridized carbons (Fsp3) is 0.444. The third-order valence-corrected chi connectivity index (χ3v) is 5.20. The molecule has 25 heavy (non-hydrogen) atoms. The number of nitrogens with two attached hydrogens (primary N) is 1. The zero-order valence-corrected chi connectivity index (χ0v) is 14.9. The average Bonchev–Trinajstić information content (AvgIpc) is 2.86. The van der Waals surface area contributed by atoms with Gasteiger partial charge in [-0.05, 0) is 30.5 Å². The largest absolute Gasteiger partial charge is 0.375 e. The molecule has 2 heterocycles. The van der Waals surface area contributed by atoms with Gasteiger partial charge in [0.1, 0.15) is 5.82 Å². The summed E-state index contributed by atoms with van der Waals surface area (Å²) in [5, 5.41) is 5.42. The Morgan fingerprint density at radius 1 is 1.40 bits per heavy atom. The normalized spacial score (nSPS) is 18.0. The molecule has 2 amide bonds. The van der Waals surface area contributed by atoms with Crippen molar-refractivity contribution in [2.24, 2.45) is 0 Å². The Hall–Kier alpha value is -2.15. The summed E-state index contributed by atoms with van der Waals surface area (Å²) in [5.41, 5.74) is 7.37. The van der Waals surface area contributed by atoms with Crippen LogP contribution in [0.4, 0.5) is 14.3 Å². The maximum atomic E-state index is 13.6. The van der Waals surface area contributed by atoms with Crippen molar-refractivity contribution in [3.63, 3.8) is 0 Å². The molecular formula is C18H23FN4OS. The van der Waals surface area contributed by atoms with Gasteiger partial charge in [-0.25, -0.2) is 14.2 Å². The Morgan fingerprint density at radius 2 is 2.28 bits per heavy atom. The molecule has 2 aromatic rings. The first-order chi connectivity index (χ1) is 12.1. The third-order valence-electron chi connectivity index (χ3n) is 4.47. The first kappa shape index (κ1) is 17.7. The van der Waals surface area contributed by atoms with E-state index in [0.717, 1.165) is 36.9 Å².